The normalized spacial score (nSPS) is 10.2. The minimum Gasteiger partial charge on any atom is -0.478 e. The summed E-state index contributed by atoms with van der Waals surface area (Å²) in [7, 11) is 0. The number of nitrogens with one attached hydrogen (secondary N) is 1. The fourth-order valence-corrected chi connectivity index (χ4v) is 2.66. The van der Waals surface area contributed by atoms with Gasteiger partial charge in [-0.2, -0.15) is 0 Å². The highest BCUT2D eigenvalue weighted by Gasteiger charge is 2.17. The zero-order valence-electron chi connectivity index (χ0n) is 15.6. The van der Waals surface area contributed by atoms with Crippen LogP contribution in [0.3, 0.4) is 0 Å². The van der Waals surface area contributed by atoms with Gasteiger partial charge in [0.25, 0.3) is 11.6 Å². The van der Waals surface area contributed by atoms with E-state index in [-0.39, 0.29) is 39.6 Å². The molecule has 3 aromatic rings. The number of nitro groups is 1. The molecule has 0 aliphatic carbocycles. The molecule has 3 aromatic carbocycles. The highest BCUT2D eigenvalue weighted by atomic mass is 16.6. The van der Waals surface area contributed by atoms with E-state index >= 15 is 0 Å². The van der Waals surface area contributed by atoms with Gasteiger partial charge in [0.2, 0.25) is 0 Å². The molecule has 31 heavy (non-hydrogen) atoms. The van der Waals surface area contributed by atoms with Crippen LogP contribution >= 0.6 is 0 Å². The Balaban J connectivity index is 1.85. The van der Waals surface area contributed by atoms with E-state index in [1.165, 1.54) is 60.7 Å². The average molecular weight is 422 g/mol. The van der Waals surface area contributed by atoms with Crippen molar-refractivity contribution in [2.24, 2.45) is 0 Å². The van der Waals surface area contributed by atoms with Crippen LogP contribution in [0.2, 0.25) is 0 Å². The Labute approximate surface area is 174 Å². The molecule has 0 bridgehead atoms. The van der Waals surface area contributed by atoms with Gasteiger partial charge < -0.3 is 20.3 Å². The first-order chi connectivity index (χ1) is 14.7. The first-order valence-electron chi connectivity index (χ1n) is 8.69. The van der Waals surface area contributed by atoms with E-state index in [9.17, 15) is 29.6 Å². The number of nitrogens with zero attached hydrogens (tertiary/aromatic N) is 1. The number of carboxylic acid groups (broad SMARTS) is 2. The molecule has 1 amide bonds. The van der Waals surface area contributed by atoms with E-state index in [0.717, 1.165) is 6.07 Å². The predicted molar refractivity (Wildman–Crippen MR) is 108 cm³/mol. The number of benzene rings is 3. The van der Waals surface area contributed by atoms with Crippen LogP contribution in [0.5, 0.6) is 11.5 Å². The second-order valence-corrected chi connectivity index (χ2v) is 6.21. The quantitative estimate of drug-likeness (QED) is 0.380. The third-order valence-corrected chi connectivity index (χ3v) is 4.11. The molecule has 156 valence electrons. The van der Waals surface area contributed by atoms with E-state index < -0.39 is 22.8 Å². The van der Waals surface area contributed by atoms with Crippen molar-refractivity contribution >= 4 is 29.2 Å². The van der Waals surface area contributed by atoms with Crippen molar-refractivity contribution < 1.29 is 34.3 Å². The number of hydrogen-bond donors (Lipinski definition) is 3. The smallest absolute Gasteiger partial charge is 0.337 e. The molecular formula is C21H14N2O8. The molecule has 0 aliphatic heterocycles. The fraction of sp³-hybridized carbons (Fsp3) is 0. The lowest BCUT2D eigenvalue weighted by atomic mass is 10.1. The number of hydrogen-bond acceptors (Lipinski definition) is 6. The number of amides is 1. The van der Waals surface area contributed by atoms with Crippen molar-refractivity contribution in [3.05, 3.63) is 93.5 Å². The Bertz CT molecular complexity index is 1210. The fourth-order valence-electron chi connectivity index (χ4n) is 2.66. The Morgan fingerprint density at radius 3 is 2.19 bits per heavy atom. The predicted octanol–water partition coefficient (Wildman–Crippen LogP) is 4.04. The van der Waals surface area contributed by atoms with Crippen LogP contribution in [0, 0.1) is 10.1 Å². The first kappa shape index (κ1) is 21.0. The maximum atomic E-state index is 12.4. The largest absolute Gasteiger partial charge is 0.478 e. The van der Waals surface area contributed by atoms with Gasteiger partial charge in [-0.15, -0.1) is 0 Å². The molecule has 3 rings (SSSR count). The maximum Gasteiger partial charge on any atom is 0.337 e. The van der Waals surface area contributed by atoms with Crippen molar-refractivity contribution in [3.8, 4) is 11.5 Å². The van der Waals surface area contributed by atoms with E-state index in [0.29, 0.717) is 0 Å². The van der Waals surface area contributed by atoms with Gasteiger partial charge in [-0.3, -0.25) is 14.9 Å². The lowest BCUT2D eigenvalue weighted by Gasteiger charge is -2.12. The highest BCUT2D eigenvalue weighted by molar-refractivity contribution is 6.08. The Hall–Kier alpha value is -4.73. The number of anilines is 1. The molecule has 0 radical (unpaired) electrons. The van der Waals surface area contributed by atoms with Crippen LogP contribution in [0.4, 0.5) is 11.4 Å². The number of carbonyl (C=O) groups is 3. The minimum atomic E-state index is -1.35. The van der Waals surface area contributed by atoms with Crippen LogP contribution in [-0.2, 0) is 0 Å². The van der Waals surface area contributed by atoms with Gasteiger partial charge in [0.05, 0.1) is 21.7 Å². The molecule has 3 N–H and O–H groups in total. The molecule has 0 unspecified atom stereocenters. The maximum absolute atomic E-state index is 12.4. The molecule has 0 aliphatic rings. The zero-order chi connectivity index (χ0) is 22.5. The van der Waals surface area contributed by atoms with Crippen molar-refractivity contribution in [2.45, 2.75) is 0 Å². The molecular weight excluding hydrogens is 408 g/mol. The van der Waals surface area contributed by atoms with Gasteiger partial charge in [0.15, 0.2) is 0 Å². The number of carboxylic acids is 2. The Morgan fingerprint density at radius 1 is 0.839 bits per heavy atom. The third-order valence-electron chi connectivity index (χ3n) is 4.11. The van der Waals surface area contributed by atoms with E-state index in [4.69, 9.17) is 9.84 Å². The van der Waals surface area contributed by atoms with E-state index in [1.807, 2.05) is 0 Å². The summed E-state index contributed by atoms with van der Waals surface area (Å²) in [6.45, 7) is 0. The highest BCUT2D eigenvalue weighted by Crippen LogP contribution is 2.28. The lowest BCUT2D eigenvalue weighted by Crippen LogP contribution is -2.15. The van der Waals surface area contributed by atoms with Gasteiger partial charge in [0, 0.05) is 17.7 Å². The summed E-state index contributed by atoms with van der Waals surface area (Å²) in [5.41, 5.74) is -0.632. The van der Waals surface area contributed by atoms with Crippen LogP contribution in [0.15, 0.2) is 66.7 Å². The molecule has 0 atom stereocenters. The van der Waals surface area contributed by atoms with Crippen molar-refractivity contribution in [3.63, 3.8) is 0 Å². The summed E-state index contributed by atoms with van der Waals surface area (Å²) in [5.74, 6) is -2.93. The Morgan fingerprint density at radius 2 is 1.52 bits per heavy atom. The molecule has 10 heteroatoms. The first-order valence-corrected chi connectivity index (χ1v) is 8.69. The van der Waals surface area contributed by atoms with Gasteiger partial charge in [-0.05, 0) is 42.5 Å². The van der Waals surface area contributed by atoms with Gasteiger partial charge >= 0.3 is 11.9 Å². The molecule has 10 nitrogen and oxygen atoms in total. The van der Waals surface area contributed by atoms with E-state index in [1.54, 1.807) is 0 Å². The molecule has 0 saturated heterocycles. The second kappa shape index (κ2) is 8.74. The SMILES string of the molecule is O=C(O)c1cccc(Oc2ccc(NC(=O)c3cccc([N+](=O)[O-])c3)c(C(=O)O)c2)c1. The number of non-ortho nitro benzene ring substituents is 1. The lowest BCUT2D eigenvalue weighted by molar-refractivity contribution is -0.384. The molecule has 0 aromatic heterocycles. The van der Waals surface area contributed by atoms with Crippen LogP contribution in [-0.4, -0.2) is 33.0 Å². The average Bonchev–Trinajstić information content (AvgIpc) is 2.74. The summed E-state index contributed by atoms with van der Waals surface area (Å²) in [5, 5.41) is 31.8. The topological polar surface area (TPSA) is 156 Å². The summed E-state index contributed by atoms with van der Waals surface area (Å²) in [6, 6.07) is 14.5. The monoisotopic (exact) mass is 422 g/mol. The van der Waals surface area contributed by atoms with Gasteiger partial charge in [0.1, 0.15) is 11.5 Å². The Kier molecular flexibility index (Phi) is 5.92. The van der Waals surface area contributed by atoms with Crippen LogP contribution in [0.1, 0.15) is 31.1 Å². The summed E-state index contributed by atoms with van der Waals surface area (Å²) >= 11 is 0. The van der Waals surface area contributed by atoms with Gasteiger partial charge in [-0.1, -0.05) is 12.1 Å². The molecule has 0 saturated carbocycles. The number of carbonyl (C=O) groups excluding carboxylic acids is 1. The minimum absolute atomic E-state index is 0.00297. The molecule has 0 heterocycles. The number of rotatable bonds is 7. The number of aromatic carboxylic acids is 2. The summed E-state index contributed by atoms with van der Waals surface area (Å²) in [6.07, 6.45) is 0. The third kappa shape index (κ3) is 5.01. The van der Waals surface area contributed by atoms with Crippen molar-refractivity contribution in [2.75, 3.05) is 5.32 Å². The summed E-state index contributed by atoms with van der Waals surface area (Å²) in [4.78, 5) is 45.4. The standard InChI is InChI=1S/C21H14N2O8/c24-19(12-3-1-5-14(9-12)23(29)30)22-18-8-7-16(11-17(18)21(27)28)31-15-6-2-4-13(10-15)20(25)26/h1-11H,(H,22,24)(H,25,26)(H,27,28). The van der Waals surface area contributed by atoms with Crippen molar-refractivity contribution in [1.29, 1.82) is 0 Å². The van der Waals surface area contributed by atoms with E-state index in [2.05, 4.69) is 5.32 Å². The number of nitro benzene ring substituents is 1. The zero-order valence-corrected chi connectivity index (χ0v) is 15.6. The molecule has 0 spiro atoms. The number of ether oxygens (including phenoxy) is 1. The second-order valence-electron chi connectivity index (χ2n) is 6.21. The van der Waals surface area contributed by atoms with Crippen LogP contribution < -0.4 is 10.1 Å². The van der Waals surface area contributed by atoms with Crippen LogP contribution in [0.25, 0.3) is 0 Å². The van der Waals surface area contributed by atoms with Gasteiger partial charge in [-0.25, -0.2) is 9.59 Å². The molecule has 0 fully saturated rings. The summed E-state index contributed by atoms with van der Waals surface area (Å²) < 4.78 is 5.53. The van der Waals surface area contributed by atoms with Crippen molar-refractivity contribution in [1.82, 2.24) is 0 Å².